The minimum atomic E-state index is -0.261. The maximum absolute atomic E-state index is 14.2. The quantitative estimate of drug-likeness (QED) is 0.222. The van der Waals surface area contributed by atoms with Crippen LogP contribution >= 0.6 is 23.4 Å². The van der Waals surface area contributed by atoms with Crippen molar-refractivity contribution in [2.24, 2.45) is 0 Å². The number of benzene rings is 3. The highest BCUT2D eigenvalue weighted by Gasteiger charge is 2.26. The molecule has 0 saturated carbocycles. The molecule has 0 bridgehead atoms. The molecule has 11 heteroatoms. The Morgan fingerprint density at radius 2 is 1.65 bits per heavy atom. The standard InChI is InChI=1S/C29H24ClFN6O2S/c30-22-11-5-4-10-21(22)27-33-34-29(37(27)20-8-2-1-3-9-20)40-19-26-32-24(18-39-26)28(38)36-16-14-35(15-17-36)25-13-7-6-12-23(25)31/h1-13,18H,14-17,19H2. The predicted octanol–water partition coefficient (Wildman–Crippen LogP) is 5.97. The lowest BCUT2D eigenvalue weighted by atomic mass is 10.2. The molecular weight excluding hydrogens is 551 g/mol. The molecule has 1 aliphatic heterocycles. The number of aromatic nitrogens is 4. The number of carbonyl (C=O) groups excluding carboxylic acids is 1. The van der Waals surface area contributed by atoms with Crippen molar-refractivity contribution < 1.29 is 13.6 Å². The average Bonchev–Trinajstić information content (AvgIpc) is 3.64. The summed E-state index contributed by atoms with van der Waals surface area (Å²) >= 11 is 7.87. The molecule has 40 heavy (non-hydrogen) atoms. The van der Waals surface area contributed by atoms with Crippen molar-refractivity contribution in [2.45, 2.75) is 10.9 Å². The number of thioether (sulfide) groups is 1. The van der Waals surface area contributed by atoms with Gasteiger partial charge in [-0.3, -0.25) is 9.36 Å². The first kappa shape index (κ1) is 26.1. The van der Waals surface area contributed by atoms with E-state index in [0.29, 0.717) is 59.5 Å². The smallest absolute Gasteiger partial charge is 0.275 e. The van der Waals surface area contributed by atoms with Gasteiger partial charge in [-0.15, -0.1) is 10.2 Å². The van der Waals surface area contributed by atoms with Crippen LogP contribution in [-0.2, 0) is 5.75 Å². The van der Waals surface area contributed by atoms with Gasteiger partial charge < -0.3 is 14.2 Å². The van der Waals surface area contributed by atoms with Gasteiger partial charge in [0.1, 0.15) is 12.1 Å². The number of hydrogen-bond donors (Lipinski definition) is 0. The van der Waals surface area contributed by atoms with E-state index in [2.05, 4.69) is 15.2 Å². The maximum Gasteiger partial charge on any atom is 0.275 e. The van der Waals surface area contributed by atoms with E-state index in [4.69, 9.17) is 16.0 Å². The molecule has 5 aromatic rings. The Kier molecular flexibility index (Phi) is 7.52. The van der Waals surface area contributed by atoms with Crippen LogP contribution in [0, 0.1) is 5.82 Å². The zero-order valence-corrected chi connectivity index (χ0v) is 22.9. The molecule has 3 aromatic carbocycles. The van der Waals surface area contributed by atoms with Crippen LogP contribution in [0.25, 0.3) is 17.1 Å². The predicted molar refractivity (Wildman–Crippen MR) is 152 cm³/mol. The van der Waals surface area contributed by atoms with Crippen molar-refractivity contribution in [1.82, 2.24) is 24.6 Å². The maximum atomic E-state index is 14.2. The number of anilines is 1. The van der Waals surface area contributed by atoms with Crippen molar-refractivity contribution in [3.05, 3.63) is 108 Å². The first-order valence-electron chi connectivity index (χ1n) is 12.7. The number of halogens is 2. The second kappa shape index (κ2) is 11.5. The van der Waals surface area contributed by atoms with Gasteiger partial charge in [0.25, 0.3) is 5.91 Å². The normalized spacial score (nSPS) is 13.6. The third-order valence-electron chi connectivity index (χ3n) is 6.62. The summed E-state index contributed by atoms with van der Waals surface area (Å²) in [7, 11) is 0. The molecule has 2 aromatic heterocycles. The van der Waals surface area contributed by atoms with Crippen LogP contribution in [0.4, 0.5) is 10.1 Å². The molecule has 1 fully saturated rings. The van der Waals surface area contributed by atoms with Gasteiger partial charge >= 0.3 is 0 Å². The lowest BCUT2D eigenvalue weighted by molar-refractivity contribution is 0.0740. The van der Waals surface area contributed by atoms with E-state index < -0.39 is 0 Å². The van der Waals surface area contributed by atoms with E-state index in [1.165, 1.54) is 24.1 Å². The summed E-state index contributed by atoms with van der Waals surface area (Å²) in [5.41, 5.74) is 2.46. The third kappa shape index (κ3) is 5.32. The van der Waals surface area contributed by atoms with Gasteiger partial charge in [0, 0.05) is 37.4 Å². The van der Waals surface area contributed by atoms with Crippen LogP contribution in [0.3, 0.4) is 0 Å². The number of hydrogen-bond acceptors (Lipinski definition) is 7. The number of carbonyl (C=O) groups is 1. The zero-order chi connectivity index (χ0) is 27.5. The van der Waals surface area contributed by atoms with Crippen LogP contribution in [0.15, 0.2) is 94.7 Å². The topological polar surface area (TPSA) is 80.3 Å². The highest BCUT2D eigenvalue weighted by atomic mass is 35.5. The summed E-state index contributed by atoms with van der Waals surface area (Å²) in [5.74, 6) is 0.906. The van der Waals surface area contributed by atoms with Crippen LogP contribution in [-0.4, -0.2) is 56.7 Å². The summed E-state index contributed by atoms with van der Waals surface area (Å²) < 4.78 is 21.7. The molecule has 0 spiro atoms. The molecule has 1 aliphatic rings. The van der Waals surface area contributed by atoms with Gasteiger partial charge in [0.05, 0.1) is 16.5 Å². The van der Waals surface area contributed by atoms with Crippen LogP contribution in [0.2, 0.25) is 5.02 Å². The van der Waals surface area contributed by atoms with Crippen molar-refractivity contribution in [2.75, 3.05) is 31.1 Å². The Hall–Kier alpha value is -4.15. The summed E-state index contributed by atoms with van der Waals surface area (Å²) in [6.45, 7) is 2.01. The first-order chi connectivity index (χ1) is 19.6. The number of oxazole rings is 1. The molecule has 8 nitrogen and oxygen atoms in total. The van der Waals surface area contributed by atoms with Gasteiger partial charge in [-0.05, 0) is 36.4 Å². The van der Waals surface area contributed by atoms with E-state index in [0.717, 1.165) is 11.3 Å². The number of piperazine rings is 1. The Bertz CT molecular complexity index is 1630. The van der Waals surface area contributed by atoms with Gasteiger partial charge in [-0.25, -0.2) is 9.37 Å². The molecule has 202 valence electrons. The second-order valence-electron chi connectivity index (χ2n) is 9.10. The molecule has 0 atom stereocenters. The highest BCUT2D eigenvalue weighted by Crippen LogP contribution is 2.33. The van der Waals surface area contributed by atoms with Gasteiger partial charge in [0.15, 0.2) is 16.7 Å². The molecule has 6 rings (SSSR count). The van der Waals surface area contributed by atoms with Gasteiger partial charge in [-0.2, -0.15) is 0 Å². The van der Waals surface area contributed by atoms with Crippen LogP contribution in [0.1, 0.15) is 16.4 Å². The van der Waals surface area contributed by atoms with E-state index in [9.17, 15) is 9.18 Å². The van der Waals surface area contributed by atoms with E-state index >= 15 is 0 Å². The minimum absolute atomic E-state index is 0.207. The fourth-order valence-corrected chi connectivity index (χ4v) is 5.64. The molecule has 0 unspecified atom stereocenters. The zero-order valence-electron chi connectivity index (χ0n) is 21.3. The number of nitrogens with zero attached hydrogens (tertiary/aromatic N) is 6. The molecule has 1 saturated heterocycles. The molecule has 3 heterocycles. The van der Waals surface area contributed by atoms with Crippen molar-refractivity contribution in [3.8, 4) is 17.1 Å². The third-order valence-corrected chi connectivity index (χ3v) is 7.86. The van der Waals surface area contributed by atoms with Crippen LogP contribution in [0.5, 0.6) is 0 Å². The average molecular weight is 575 g/mol. The van der Waals surface area contributed by atoms with E-state index in [-0.39, 0.29) is 17.4 Å². The van der Waals surface area contributed by atoms with Gasteiger partial charge in [-0.1, -0.05) is 65.8 Å². The molecule has 0 aliphatic carbocycles. The van der Waals surface area contributed by atoms with Crippen molar-refractivity contribution in [1.29, 1.82) is 0 Å². The van der Waals surface area contributed by atoms with E-state index in [1.807, 2.05) is 70.1 Å². The molecule has 0 N–H and O–H groups in total. The summed E-state index contributed by atoms with van der Waals surface area (Å²) in [6.07, 6.45) is 1.39. The monoisotopic (exact) mass is 574 g/mol. The summed E-state index contributed by atoms with van der Waals surface area (Å²) in [5, 5.41) is 10.1. The first-order valence-corrected chi connectivity index (χ1v) is 14.1. The van der Waals surface area contributed by atoms with Crippen molar-refractivity contribution in [3.63, 3.8) is 0 Å². The van der Waals surface area contributed by atoms with Crippen LogP contribution < -0.4 is 4.90 Å². The molecule has 1 amide bonds. The Morgan fingerprint density at radius 3 is 2.42 bits per heavy atom. The lowest BCUT2D eigenvalue weighted by Crippen LogP contribution is -2.49. The Balaban J connectivity index is 1.15. The van der Waals surface area contributed by atoms with E-state index in [1.54, 1.807) is 17.0 Å². The number of amides is 1. The lowest BCUT2D eigenvalue weighted by Gasteiger charge is -2.35. The largest absolute Gasteiger partial charge is 0.447 e. The second-order valence-corrected chi connectivity index (χ2v) is 10.5. The summed E-state index contributed by atoms with van der Waals surface area (Å²) in [6, 6.07) is 24.0. The fraction of sp³-hybridized carbons (Fsp3) is 0.172. The number of rotatable bonds is 7. The summed E-state index contributed by atoms with van der Waals surface area (Å²) in [4.78, 5) is 21.2. The molecular formula is C29H24ClFN6O2S. The Labute approximate surface area is 239 Å². The highest BCUT2D eigenvalue weighted by molar-refractivity contribution is 7.98. The molecule has 0 radical (unpaired) electrons. The fourth-order valence-electron chi connectivity index (χ4n) is 4.61. The van der Waals surface area contributed by atoms with Gasteiger partial charge in [0.2, 0.25) is 5.89 Å². The SMILES string of the molecule is O=C(c1coc(CSc2nnc(-c3ccccc3Cl)n2-c2ccccc2)n1)N1CCN(c2ccccc2F)CC1. The van der Waals surface area contributed by atoms with Crippen molar-refractivity contribution >= 4 is 35.0 Å². The Morgan fingerprint density at radius 1 is 0.925 bits per heavy atom. The number of para-hydroxylation sites is 2. The minimum Gasteiger partial charge on any atom is -0.447 e.